The van der Waals surface area contributed by atoms with Crippen molar-refractivity contribution < 1.29 is 22.7 Å². The highest BCUT2D eigenvalue weighted by Crippen LogP contribution is 2.25. The van der Waals surface area contributed by atoms with Gasteiger partial charge in [0, 0.05) is 6.07 Å². The quantitative estimate of drug-likeness (QED) is 0.899. The topological polar surface area (TPSA) is 38.3 Å². The first-order valence-electron chi connectivity index (χ1n) is 5.78. The molecule has 0 atom stereocenters. The second-order valence-corrected chi connectivity index (χ2v) is 4.89. The number of anilines is 1. The summed E-state index contributed by atoms with van der Waals surface area (Å²) in [6.45, 7) is -0.402. The predicted octanol–water partition coefficient (Wildman–Crippen LogP) is 3.88. The van der Waals surface area contributed by atoms with Crippen LogP contribution in [0.3, 0.4) is 0 Å². The van der Waals surface area contributed by atoms with Crippen molar-refractivity contribution in [3.05, 3.63) is 58.3 Å². The second kappa shape index (κ2) is 6.62. The van der Waals surface area contributed by atoms with Crippen LogP contribution in [0.25, 0.3) is 0 Å². The molecule has 0 fully saturated rings. The summed E-state index contributed by atoms with van der Waals surface area (Å²) in [6, 6.07) is 6.51. The van der Waals surface area contributed by atoms with Crippen molar-refractivity contribution >= 4 is 27.5 Å². The fraction of sp³-hybridized carbons (Fsp3) is 0.0714. The first kappa shape index (κ1) is 15.4. The molecule has 2 rings (SSSR count). The molecule has 0 unspecified atom stereocenters. The van der Waals surface area contributed by atoms with Gasteiger partial charge in [0.05, 0.1) is 10.2 Å². The summed E-state index contributed by atoms with van der Waals surface area (Å²) in [4.78, 5) is 11.6. The number of carbonyl (C=O) groups excluding carboxylic acids is 1. The zero-order valence-electron chi connectivity index (χ0n) is 10.5. The Morgan fingerprint density at radius 2 is 1.76 bits per heavy atom. The lowest BCUT2D eigenvalue weighted by Crippen LogP contribution is -2.21. The Balaban J connectivity index is 1.96. The van der Waals surface area contributed by atoms with Crippen LogP contribution in [0, 0.1) is 17.5 Å². The standard InChI is InChI=1S/C14H9BrF3NO2/c15-10-5-8(16)2-4-13(10)21-7-14(20)19-12-3-1-9(17)6-11(12)18/h1-6H,7H2,(H,19,20). The van der Waals surface area contributed by atoms with E-state index in [-0.39, 0.29) is 11.4 Å². The number of ether oxygens (including phenoxy) is 1. The van der Waals surface area contributed by atoms with E-state index in [0.29, 0.717) is 10.5 Å². The SMILES string of the molecule is O=C(COc1ccc(F)cc1Br)Nc1ccc(F)cc1F. The smallest absolute Gasteiger partial charge is 0.262 e. The van der Waals surface area contributed by atoms with Gasteiger partial charge in [0.25, 0.3) is 5.91 Å². The van der Waals surface area contributed by atoms with Gasteiger partial charge in [-0.25, -0.2) is 13.2 Å². The van der Waals surface area contributed by atoms with Gasteiger partial charge < -0.3 is 10.1 Å². The van der Waals surface area contributed by atoms with Crippen molar-refractivity contribution in [1.29, 1.82) is 0 Å². The molecular formula is C14H9BrF3NO2. The van der Waals surface area contributed by atoms with E-state index in [9.17, 15) is 18.0 Å². The van der Waals surface area contributed by atoms with Crippen molar-refractivity contribution in [3.8, 4) is 5.75 Å². The molecular weight excluding hydrogens is 351 g/mol. The van der Waals surface area contributed by atoms with E-state index in [1.165, 1.54) is 18.2 Å². The van der Waals surface area contributed by atoms with Crippen molar-refractivity contribution in [2.45, 2.75) is 0 Å². The summed E-state index contributed by atoms with van der Waals surface area (Å²) in [5, 5.41) is 2.24. The Hall–Kier alpha value is -2.02. The lowest BCUT2D eigenvalue weighted by atomic mass is 10.3. The lowest BCUT2D eigenvalue weighted by Gasteiger charge is -2.09. The molecule has 1 amide bonds. The minimum absolute atomic E-state index is 0.150. The molecule has 21 heavy (non-hydrogen) atoms. The molecule has 3 nitrogen and oxygen atoms in total. The Morgan fingerprint density at radius 3 is 2.43 bits per heavy atom. The van der Waals surface area contributed by atoms with Crippen molar-refractivity contribution in [1.82, 2.24) is 0 Å². The molecule has 0 heterocycles. The normalized spacial score (nSPS) is 10.3. The van der Waals surface area contributed by atoms with Crippen LogP contribution in [0.2, 0.25) is 0 Å². The summed E-state index contributed by atoms with van der Waals surface area (Å²) in [6.07, 6.45) is 0. The number of hydrogen-bond donors (Lipinski definition) is 1. The summed E-state index contributed by atoms with van der Waals surface area (Å²) in [5.41, 5.74) is -0.150. The van der Waals surface area contributed by atoms with Gasteiger partial charge in [-0.1, -0.05) is 0 Å². The largest absolute Gasteiger partial charge is 0.483 e. The van der Waals surface area contributed by atoms with Gasteiger partial charge >= 0.3 is 0 Å². The molecule has 0 aromatic heterocycles. The molecule has 110 valence electrons. The van der Waals surface area contributed by atoms with E-state index in [1.807, 2.05) is 0 Å². The van der Waals surface area contributed by atoms with Crippen LogP contribution in [0.4, 0.5) is 18.9 Å². The maximum absolute atomic E-state index is 13.3. The van der Waals surface area contributed by atoms with Crippen molar-refractivity contribution in [2.75, 3.05) is 11.9 Å². The van der Waals surface area contributed by atoms with Crippen LogP contribution < -0.4 is 10.1 Å². The molecule has 2 aromatic carbocycles. The van der Waals surface area contributed by atoms with Crippen LogP contribution >= 0.6 is 15.9 Å². The van der Waals surface area contributed by atoms with Crippen LogP contribution in [0.5, 0.6) is 5.75 Å². The highest BCUT2D eigenvalue weighted by molar-refractivity contribution is 9.10. The summed E-state index contributed by atoms with van der Waals surface area (Å²) < 4.78 is 44.4. The third kappa shape index (κ3) is 4.22. The third-order valence-electron chi connectivity index (χ3n) is 2.46. The predicted molar refractivity (Wildman–Crippen MR) is 74.6 cm³/mol. The van der Waals surface area contributed by atoms with Gasteiger partial charge in [0.1, 0.15) is 23.2 Å². The molecule has 0 aliphatic rings. The van der Waals surface area contributed by atoms with E-state index in [1.54, 1.807) is 0 Å². The Bertz CT molecular complexity index is 679. The Morgan fingerprint density at radius 1 is 1.10 bits per heavy atom. The molecule has 0 radical (unpaired) electrons. The molecule has 0 aliphatic heterocycles. The number of amides is 1. The van der Waals surface area contributed by atoms with Gasteiger partial charge in [-0.05, 0) is 46.3 Å². The number of carbonyl (C=O) groups is 1. The highest BCUT2D eigenvalue weighted by Gasteiger charge is 2.10. The first-order chi connectivity index (χ1) is 9.95. The van der Waals surface area contributed by atoms with Gasteiger partial charge in [0.15, 0.2) is 6.61 Å². The summed E-state index contributed by atoms with van der Waals surface area (Å²) in [5.74, 6) is -2.43. The molecule has 7 heteroatoms. The zero-order valence-corrected chi connectivity index (χ0v) is 12.1. The zero-order chi connectivity index (χ0) is 15.4. The van der Waals surface area contributed by atoms with Gasteiger partial charge in [-0.3, -0.25) is 4.79 Å². The van der Waals surface area contributed by atoms with Gasteiger partial charge in [-0.15, -0.1) is 0 Å². The van der Waals surface area contributed by atoms with E-state index < -0.39 is 30.0 Å². The molecule has 0 aliphatic carbocycles. The summed E-state index contributed by atoms with van der Waals surface area (Å²) in [7, 11) is 0. The number of halogens is 4. The van der Waals surface area contributed by atoms with E-state index in [4.69, 9.17) is 4.74 Å². The number of hydrogen-bond acceptors (Lipinski definition) is 2. The number of benzene rings is 2. The monoisotopic (exact) mass is 359 g/mol. The van der Waals surface area contributed by atoms with Crippen LogP contribution in [-0.4, -0.2) is 12.5 Å². The van der Waals surface area contributed by atoms with Gasteiger partial charge in [-0.2, -0.15) is 0 Å². The van der Waals surface area contributed by atoms with Crippen molar-refractivity contribution in [3.63, 3.8) is 0 Å². The van der Waals surface area contributed by atoms with E-state index in [2.05, 4.69) is 21.2 Å². The Labute approximate surface area is 126 Å². The fourth-order valence-corrected chi connectivity index (χ4v) is 1.98. The van der Waals surface area contributed by atoms with Crippen LogP contribution in [0.15, 0.2) is 40.9 Å². The molecule has 0 spiro atoms. The average molecular weight is 360 g/mol. The minimum Gasteiger partial charge on any atom is -0.483 e. The second-order valence-electron chi connectivity index (χ2n) is 4.04. The summed E-state index contributed by atoms with van der Waals surface area (Å²) >= 11 is 3.09. The molecule has 0 saturated carbocycles. The molecule has 0 saturated heterocycles. The van der Waals surface area contributed by atoms with Crippen molar-refractivity contribution in [2.24, 2.45) is 0 Å². The van der Waals surface area contributed by atoms with Crippen LogP contribution in [-0.2, 0) is 4.79 Å². The number of rotatable bonds is 4. The minimum atomic E-state index is -0.883. The van der Waals surface area contributed by atoms with E-state index in [0.717, 1.165) is 12.1 Å². The number of nitrogens with one attached hydrogen (secondary N) is 1. The highest BCUT2D eigenvalue weighted by atomic mass is 79.9. The van der Waals surface area contributed by atoms with Gasteiger partial charge in [0.2, 0.25) is 0 Å². The van der Waals surface area contributed by atoms with E-state index >= 15 is 0 Å². The Kier molecular flexibility index (Phi) is 4.85. The fourth-order valence-electron chi connectivity index (χ4n) is 1.51. The lowest BCUT2D eigenvalue weighted by molar-refractivity contribution is -0.118. The maximum Gasteiger partial charge on any atom is 0.262 e. The average Bonchev–Trinajstić information content (AvgIpc) is 2.41. The molecule has 2 aromatic rings. The van der Waals surface area contributed by atoms with Crippen LogP contribution in [0.1, 0.15) is 0 Å². The third-order valence-corrected chi connectivity index (χ3v) is 3.08. The first-order valence-corrected chi connectivity index (χ1v) is 6.58. The molecule has 0 bridgehead atoms. The molecule has 1 N–H and O–H groups in total. The maximum atomic E-state index is 13.3.